The molecule has 0 radical (unpaired) electrons. The Kier molecular flexibility index (Phi) is 3.19. The van der Waals surface area contributed by atoms with E-state index in [1.807, 2.05) is 12.1 Å². The first-order chi connectivity index (χ1) is 9.49. The van der Waals surface area contributed by atoms with Crippen molar-refractivity contribution in [1.82, 2.24) is 0 Å². The van der Waals surface area contributed by atoms with Crippen molar-refractivity contribution in [1.29, 1.82) is 0 Å². The van der Waals surface area contributed by atoms with Crippen LogP contribution in [0.2, 0.25) is 0 Å². The average molecular weight is 271 g/mol. The van der Waals surface area contributed by atoms with Gasteiger partial charge in [-0.1, -0.05) is 26.8 Å². The highest BCUT2D eigenvalue weighted by Gasteiger charge is 2.34. The number of ether oxygens (including phenoxy) is 1. The fourth-order valence-electron chi connectivity index (χ4n) is 3.17. The second-order valence-electron chi connectivity index (χ2n) is 6.88. The molecule has 1 aromatic heterocycles. The molecule has 1 atom stereocenters. The molecule has 20 heavy (non-hydrogen) atoms. The van der Waals surface area contributed by atoms with Crippen molar-refractivity contribution in [3.05, 3.63) is 35.6 Å². The standard InChI is InChI=1S/C18H23O2/c1-18(2,3)14-8-9-15-13(11-14)10-12-6-5-7-16(19-4)17(12)20-15/h5-7,10,14H,8-9,11H2,1-4H3/q+1. The van der Waals surface area contributed by atoms with Crippen molar-refractivity contribution < 1.29 is 9.15 Å². The lowest BCUT2D eigenvalue weighted by Crippen LogP contribution is -2.26. The lowest BCUT2D eigenvalue weighted by molar-refractivity contribution is 0.208. The van der Waals surface area contributed by atoms with Gasteiger partial charge in [-0.2, -0.15) is 0 Å². The van der Waals surface area contributed by atoms with Crippen LogP contribution in [0.3, 0.4) is 0 Å². The predicted molar refractivity (Wildman–Crippen MR) is 82.1 cm³/mol. The quantitative estimate of drug-likeness (QED) is 0.689. The van der Waals surface area contributed by atoms with Gasteiger partial charge >= 0.3 is 11.3 Å². The van der Waals surface area contributed by atoms with E-state index in [1.165, 1.54) is 12.0 Å². The topological polar surface area (TPSA) is 20.5 Å². The van der Waals surface area contributed by atoms with Crippen LogP contribution in [0, 0.1) is 11.3 Å². The third-order valence-electron chi connectivity index (χ3n) is 4.55. The number of para-hydroxylation sites is 1. The molecule has 3 rings (SSSR count). The maximum Gasteiger partial charge on any atom is 0.401 e. The van der Waals surface area contributed by atoms with Crippen LogP contribution in [0.1, 0.15) is 38.5 Å². The zero-order chi connectivity index (χ0) is 14.3. The SMILES string of the molecule is COc1cccc2cc3c([o+]c12)CCC(C(C)(C)C)C3. The highest BCUT2D eigenvalue weighted by Crippen LogP contribution is 2.39. The first kappa shape index (κ1) is 13.4. The summed E-state index contributed by atoms with van der Waals surface area (Å²) in [6.45, 7) is 7.01. The van der Waals surface area contributed by atoms with Gasteiger partial charge in [0.15, 0.2) is 0 Å². The van der Waals surface area contributed by atoms with Gasteiger partial charge in [-0.05, 0) is 42.4 Å². The zero-order valence-corrected chi connectivity index (χ0v) is 12.8. The molecule has 1 aromatic carbocycles. The average Bonchev–Trinajstić information content (AvgIpc) is 2.42. The molecule has 0 saturated heterocycles. The van der Waals surface area contributed by atoms with Crippen LogP contribution in [-0.4, -0.2) is 7.11 Å². The molecule has 106 valence electrons. The monoisotopic (exact) mass is 271 g/mol. The van der Waals surface area contributed by atoms with Gasteiger partial charge in [0.2, 0.25) is 5.75 Å². The molecule has 2 heteroatoms. The molecule has 2 nitrogen and oxygen atoms in total. The minimum atomic E-state index is 0.362. The van der Waals surface area contributed by atoms with Crippen LogP contribution in [-0.2, 0) is 12.8 Å². The van der Waals surface area contributed by atoms with E-state index < -0.39 is 0 Å². The van der Waals surface area contributed by atoms with E-state index in [0.29, 0.717) is 5.41 Å². The van der Waals surface area contributed by atoms with Crippen LogP contribution in [0.15, 0.2) is 28.7 Å². The van der Waals surface area contributed by atoms with E-state index in [4.69, 9.17) is 9.15 Å². The maximum absolute atomic E-state index is 6.14. The molecule has 0 fully saturated rings. The Labute approximate surface area is 120 Å². The van der Waals surface area contributed by atoms with Crippen molar-refractivity contribution in [3.8, 4) is 5.75 Å². The molecular formula is C18H23O2+. The molecule has 1 unspecified atom stereocenters. The van der Waals surface area contributed by atoms with Gasteiger partial charge in [-0.25, -0.2) is 4.42 Å². The summed E-state index contributed by atoms with van der Waals surface area (Å²) in [4.78, 5) is 0. The minimum Gasteiger partial charge on any atom is -0.488 e. The van der Waals surface area contributed by atoms with E-state index in [2.05, 4.69) is 32.9 Å². The maximum atomic E-state index is 6.14. The summed E-state index contributed by atoms with van der Waals surface area (Å²) in [6.07, 6.45) is 3.36. The van der Waals surface area contributed by atoms with Gasteiger partial charge in [-0.15, -0.1) is 0 Å². The molecule has 0 aliphatic heterocycles. The zero-order valence-electron chi connectivity index (χ0n) is 12.8. The number of hydrogen-bond donors (Lipinski definition) is 0. The number of aryl methyl sites for hydroxylation is 1. The minimum absolute atomic E-state index is 0.362. The summed E-state index contributed by atoms with van der Waals surface area (Å²) in [5.74, 6) is 2.69. The highest BCUT2D eigenvalue weighted by atomic mass is 16.5. The Bertz CT molecular complexity index is 638. The summed E-state index contributed by atoms with van der Waals surface area (Å²) in [7, 11) is 1.69. The molecule has 0 saturated carbocycles. The van der Waals surface area contributed by atoms with Crippen LogP contribution >= 0.6 is 0 Å². The van der Waals surface area contributed by atoms with Crippen molar-refractivity contribution in [2.45, 2.75) is 40.0 Å². The van der Waals surface area contributed by atoms with E-state index in [1.54, 1.807) is 7.11 Å². The molecule has 0 bridgehead atoms. The number of fused-ring (bicyclic) bond motifs is 2. The number of rotatable bonds is 1. The molecule has 0 N–H and O–H groups in total. The fourth-order valence-corrected chi connectivity index (χ4v) is 3.17. The Morgan fingerprint density at radius 3 is 2.75 bits per heavy atom. The molecule has 0 spiro atoms. The van der Waals surface area contributed by atoms with E-state index in [-0.39, 0.29) is 0 Å². The van der Waals surface area contributed by atoms with Gasteiger partial charge in [0, 0.05) is 0 Å². The third-order valence-corrected chi connectivity index (χ3v) is 4.55. The second-order valence-corrected chi connectivity index (χ2v) is 6.88. The molecule has 1 aliphatic rings. The molecule has 2 aromatic rings. The van der Waals surface area contributed by atoms with E-state index in [0.717, 1.165) is 41.2 Å². The normalized spacial score (nSPS) is 18.9. The predicted octanol–water partition coefficient (Wildman–Crippen LogP) is 4.87. The summed E-state index contributed by atoms with van der Waals surface area (Å²) >= 11 is 0. The first-order valence-corrected chi connectivity index (χ1v) is 7.40. The van der Waals surface area contributed by atoms with Gasteiger partial charge in [0.1, 0.15) is 0 Å². The van der Waals surface area contributed by atoms with E-state index >= 15 is 0 Å². The number of benzene rings is 1. The molecular weight excluding hydrogens is 248 g/mol. The van der Waals surface area contributed by atoms with E-state index in [9.17, 15) is 0 Å². The molecule has 0 amide bonds. The first-order valence-electron chi connectivity index (χ1n) is 7.40. The largest absolute Gasteiger partial charge is 0.488 e. The third kappa shape index (κ3) is 2.28. The van der Waals surface area contributed by atoms with Crippen LogP contribution in [0.5, 0.6) is 5.75 Å². The Balaban J connectivity index is 2.06. The molecule has 1 heterocycles. The van der Waals surface area contributed by atoms with Crippen LogP contribution < -0.4 is 4.74 Å². The fraction of sp³-hybridized carbons (Fsp3) is 0.500. The van der Waals surface area contributed by atoms with Gasteiger partial charge in [0.25, 0.3) is 0 Å². The molecule has 1 aliphatic carbocycles. The van der Waals surface area contributed by atoms with Gasteiger partial charge in [0.05, 0.1) is 24.5 Å². The Hall–Kier alpha value is -1.57. The van der Waals surface area contributed by atoms with Crippen molar-refractivity contribution in [2.24, 2.45) is 11.3 Å². The van der Waals surface area contributed by atoms with Crippen LogP contribution in [0.4, 0.5) is 0 Å². The second kappa shape index (κ2) is 4.76. The van der Waals surface area contributed by atoms with Gasteiger partial charge < -0.3 is 4.74 Å². The lowest BCUT2D eigenvalue weighted by Gasteiger charge is -2.32. The van der Waals surface area contributed by atoms with Gasteiger partial charge in [-0.3, -0.25) is 0 Å². The lowest BCUT2D eigenvalue weighted by atomic mass is 9.72. The van der Waals surface area contributed by atoms with Crippen LogP contribution in [0.25, 0.3) is 11.0 Å². The van der Waals surface area contributed by atoms with Crippen molar-refractivity contribution in [2.75, 3.05) is 7.11 Å². The van der Waals surface area contributed by atoms with Crippen molar-refractivity contribution in [3.63, 3.8) is 0 Å². The number of methoxy groups -OCH3 is 1. The summed E-state index contributed by atoms with van der Waals surface area (Å²) < 4.78 is 11.5. The highest BCUT2D eigenvalue weighted by molar-refractivity contribution is 5.83. The Morgan fingerprint density at radius 2 is 2.05 bits per heavy atom. The number of hydrogen-bond acceptors (Lipinski definition) is 1. The summed E-state index contributed by atoms with van der Waals surface area (Å²) in [5.41, 5.74) is 2.61. The summed E-state index contributed by atoms with van der Waals surface area (Å²) in [5, 5.41) is 1.14. The smallest absolute Gasteiger partial charge is 0.401 e. The summed E-state index contributed by atoms with van der Waals surface area (Å²) in [6, 6.07) is 8.36. The van der Waals surface area contributed by atoms with Crippen molar-refractivity contribution >= 4 is 11.0 Å². The Morgan fingerprint density at radius 1 is 1.25 bits per heavy atom.